The van der Waals surface area contributed by atoms with Crippen molar-refractivity contribution in [2.75, 3.05) is 0 Å². The Morgan fingerprint density at radius 2 is 2.29 bits per heavy atom. The predicted molar refractivity (Wildman–Crippen MR) is 56.1 cm³/mol. The van der Waals surface area contributed by atoms with Crippen LogP contribution in [0, 0.1) is 0 Å². The molecule has 0 saturated carbocycles. The SMILES string of the molecule is CCn1cc(Cl)nc1-c1ccccn1. The zero-order chi connectivity index (χ0) is 9.97. The molecule has 0 radical (unpaired) electrons. The molecule has 4 heteroatoms. The Morgan fingerprint density at radius 1 is 1.43 bits per heavy atom. The Balaban J connectivity index is 2.51. The van der Waals surface area contributed by atoms with Gasteiger partial charge in [0, 0.05) is 18.9 Å². The van der Waals surface area contributed by atoms with Crippen molar-refractivity contribution in [3.05, 3.63) is 35.7 Å². The van der Waals surface area contributed by atoms with Gasteiger partial charge in [0.1, 0.15) is 10.8 Å². The molecule has 2 rings (SSSR count). The molecule has 0 bridgehead atoms. The van der Waals surface area contributed by atoms with E-state index in [1.54, 1.807) is 6.20 Å². The van der Waals surface area contributed by atoms with Gasteiger partial charge in [-0.15, -0.1) is 0 Å². The van der Waals surface area contributed by atoms with Gasteiger partial charge in [-0.2, -0.15) is 0 Å². The second-order valence-electron chi connectivity index (χ2n) is 2.89. The molecular formula is C10H10ClN3. The normalized spacial score (nSPS) is 10.4. The van der Waals surface area contributed by atoms with E-state index in [1.807, 2.05) is 35.9 Å². The smallest absolute Gasteiger partial charge is 0.160 e. The van der Waals surface area contributed by atoms with Crippen LogP contribution in [0.4, 0.5) is 0 Å². The van der Waals surface area contributed by atoms with E-state index in [1.165, 1.54) is 0 Å². The van der Waals surface area contributed by atoms with Crippen molar-refractivity contribution in [3.8, 4) is 11.5 Å². The summed E-state index contributed by atoms with van der Waals surface area (Å²) in [4.78, 5) is 8.45. The summed E-state index contributed by atoms with van der Waals surface area (Å²) in [5.41, 5.74) is 0.848. The number of hydrogen-bond donors (Lipinski definition) is 0. The molecule has 72 valence electrons. The van der Waals surface area contributed by atoms with Gasteiger partial charge in [-0.3, -0.25) is 4.98 Å². The third kappa shape index (κ3) is 1.63. The van der Waals surface area contributed by atoms with Crippen molar-refractivity contribution in [1.82, 2.24) is 14.5 Å². The van der Waals surface area contributed by atoms with Crippen LogP contribution in [0.15, 0.2) is 30.6 Å². The third-order valence-electron chi connectivity index (χ3n) is 1.98. The van der Waals surface area contributed by atoms with Crippen molar-refractivity contribution >= 4 is 11.6 Å². The lowest BCUT2D eigenvalue weighted by Gasteiger charge is -2.02. The summed E-state index contributed by atoms with van der Waals surface area (Å²) in [6.07, 6.45) is 3.56. The summed E-state index contributed by atoms with van der Waals surface area (Å²) < 4.78 is 1.98. The van der Waals surface area contributed by atoms with Crippen LogP contribution in [0.1, 0.15) is 6.92 Å². The number of pyridine rings is 1. The summed E-state index contributed by atoms with van der Waals surface area (Å²) in [6, 6.07) is 5.74. The molecule has 3 nitrogen and oxygen atoms in total. The summed E-state index contributed by atoms with van der Waals surface area (Å²) in [6.45, 7) is 2.88. The lowest BCUT2D eigenvalue weighted by molar-refractivity contribution is 0.768. The van der Waals surface area contributed by atoms with Crippen molar-refractivity contribution in [2.45, 2.75) is 13.5 Å². The summed E-state index contributed by atoms with van der Waals surface area (Å²) in [5, 5.41) is 0.507. The Hall–Kier alpha value is -1.35. The minimum absolute atomic E-state index is 0.507. The van der Waals surface area contributed by atoms with E-state index in [-0.39, 0.29) is 0 Å². The number of nitrogens with zero attached hydrogens (tertiary/aromatic N) is 3. The molecule has 0 fully saturated rings. The van der Waals surface area contributed by atoms with E-state index in [9.17, 15) is 0 Å². The number of aromatic nitrogens is 3. The Labute approximate surface area is 87.4 Å². The first-order valence-electron chi connectivity index (χ1n) is 4.45. The molecule has 0 aromatic carbocycles. The van der Waals surface area contributed by atoms with Gasteiger partial charge in [0.15, 0.2) is 5.82 Å². The molecule has 0 spiro atoms. The van der Waals surface area contributed by atoms with Crippen LogP contribution in [-0.4, -0.2) is 14.5 Å². The molecular weight excluding hydrogens is 198 g/mol. The van der Waals surface area contributed by atoms with Gasteiger partial charge in [0.2, 0.25) is 0 Å². The number of halogens is 1. The topological polar surface area (TPSA) is 30.7 Å². The van der Waals surface area contributed by atoms with Crippen molar-refractivity contribution in [3.63, 3.8) is 0 Å². The average Bonchev–Trinajstić information content (AvgIpc) is 2.61. The van der Waals surface area contributed by atoms with Crippen molar-refractivity contribution in [1.29, 1.82) is 0 Å². The van der Waals surface area contributed by atoms with Crippen LogP contribution in [-0.2, 0) is 6.54 Å². The fraction of sp³-hybridized carbons (Fsp3) is 0.200. The molecule has 0 atom stereocenters. The standard InChI is InChI=1S/C10H10ClN3/c1-2-14-7-9(11)13-10(14)8-5-3-4-6-12-8/h3-7H,2H2,1H3. The van der Waals surface area contributed by atoms with E-state index >= 15 is 0 Å². The largest absolute Gasteiger partial charge is 0.328 e. The molecule has 2 heterocycles. The number of imidazole rings is 1. The first-order valence-corrected chi connectivity index (χ1v) is 4.83. The molecule has 0 N–H and O–H groups in total. The van der Waals surface area contributed by atoms with Crippen molar-refractivity contribution < 1.29 is 0 Å². The zero-order valence-electron chi connectivity index (χ0n) is 7.81. The molecule has 14 heavy (non-hydrogen) atoms. The quantitative estimate of drug-likeness (QED) is 0.758. The third-order valence-corrected chi connectivity index (χ3v) is 2.16. The first kappa shape index (κ1) is 9.21. The van der Waals surface area contributed by atoms with E-state index in [2.05, 4.69) is 9.97 Å². The summed E-state index contributed by atoms with van der Waals surface area (Å²) in [5.74, 6) is 0.818. The predicted octanol–water partition coefficient (Wildman–Crippen LogP) is 2.62. The Bertz CT molecular complexity index is 422. The summed E-state index contributed by atoms with van der Waals surface area (Å²) in [7, 11) is 0. The molecule has 0 amide bonds. The number of hydrogen-bond acceptors (Lipinski definition) is 2. The fourth-order valence-corrected chi connectivity index (χ4v) is 1.52. The van der Waals surface area contributed by atoms with Gasteiger partial charge in [-0.25, -0.2) is 4.98 Å². The van der Waals surface area contributed by atoms with Gasteiger partial charge in [-0.1, -0.05) is 17.7 Å². The molecule has 2 aromatic heterocycles. The van der Waals surface area contributed by atoms with Gasteiger partial charge in [0.25, 0.3) is 0 Å². The van der Waals surface area contributed by atoms with Crippen LogP contribution in [0.3, 0.4) is 0 Å². The van der Waals surface area contributed by atoms with E-state index in [0.717, 1.165) is 18.1 Å². The average molecular weight is 208 g/mol. The highest BCUT2D eigenvalue weighted by atomic mass is 35.5. The fourth-order valence-electron chi connectivity index (χ4n) is 1.32. The van der Waals surface area contributed by atoms with Crippen LogP contribution >= 0.6 is 11.6 Å². The number of rotatable bonds is 2. The lowest BCUT2D eigenvalue weighted by atomic mass is 10.3. The molecule has 0 aliphatic rings. The van der Waals surface area contributed by atoms with Crippen molar-refractivity contribution in [2.24, 2.45) is 0 Å². The van der Waals surface area contributed by atoms with Gasteiger partial charge in [-0.05, 0) is 19.1 Å². The van der Waals surface area contributed by atoms with E-state index in [0.29, 0.717) is 5.15 Å². The molecule has 2 aromatic rings. The highest BCUT2D eigenvalue weighted by Crippen LogP contribution is 2.18. The summed E-state index contributed by atoms with van der Waals surface area (Å²) >= 11 is 5.83. The maximum atomic E-state index is 5.83. The highest BCUT2D eigenvalue weighted by molar-refractivity contribution is 6.29. The lowest BCUT2D eigenvalue weighted by Crippen LogP contribution is -1.96. The van der Waals surface area contributed by atoms with E-state index in [4.69, 9.17) is 11.6 Å². The zero-order valence-corrected chi connectivity index (χ0v) is 8.57. The molecule has 0 aliphatic heterocycles. The van der Waals surface area contributed by atoms with Crippen LogP contribution in [0.25, 0.3) is 11.5 Å². The maximum Gasteiger partial charge on any atom is 0.160 e. The first-order chi connectivity index (χ1) is 6.81. The van der Waals surface area contributed by atoms with Gasteiger partial charge < -0.3 is 4.57 Å². The Kier molecular flexibility index (Phi) is 2.50. The molecule has 0 saturated heterocycles. The van der Waals surface area contributed by atoms with E-state index < -0.39 is 0 Å². The van der Waals surface area contributed by atoms with Crippen LogP contribution in [0.2, 0.25) is 5.15 Å². The monoisotopic (exact) mass is 207 g/mol. The highest BCUT2D eigenvalue weighted by Gasteiger charge is 2.07. The minimum atomic E-state index is 0.507. The number of aryl methyl sites for hydroxylation is 1. The van der Waals surface area contributed by atoms with Gasteiger partial charge in [0.05, 0.1) is 0 Å². The van der Waals surface area contributed by atoms with Gasteiger partial charge >= 0.3 is 0 Å². The van der Waals surface area contributed by atoms with Crippen LogP contribution < -0.4 is 0 Å². The Morgan fingerprint density at radius 3 is 2.93 bits per heavy atom. The molecule has 0 aliphatic carbocycles. The second-order valence-corrected chi connectivity index (χ2v) is 3.28. The second kappa shape index (κ2) is 3.80. The molecule has 0 unspecified atom stereocenters. The van der Waals surface area contributed by atoms with Crippen LogP contribution in [0.5, 0.6) is 0 Å². The minimum Gasteiger partial charge on any atom is -0.328 e. The maximum absolute atomic E-state index is 5.83.